The van der Waals surface area contributed by atoms with Gasteiger partial charge in [-0.3, -0.25) is 4.79 Å². The highest BCUT2D eigenvalue weighted by Gasteiger charge is 2.05. The Morgan fingerprint density at radius 2 is 1.94 bits per heavy atom. The SMILES string of the molecule is COCc1ccc(C(=O)NCC(C)C)cc1. The summed E-state index contributed by atoms with van der Waals surface area (Å²) in [6, 6.07) is 7.47. The minimum Gasteiger partial charge on any atom is -0.380 e. The van der Waals surface area contributed by atoms with Gasteiger partial charge in [0.15, 0.2) is 0 Å². The van der Waals surface area contributed by atoms with Gasteiger partial charge in [-0.2, -0.15) is 0 Å². The molecule has 0 radical (unpaired) electrons. The zero-order chi connectivity index (χ0) is 12.0. The van der Waals surface area contributed by atoms with Crippen molar-refractivity contribution in [2.24, 2.45) is 5.92 Å². The zero-order valence-corrected chi connectivity index (χ0v) is 10.1. The highest BCUT2D eigenvalue weighted by molar-refractivity contribution is 5.94. The average Bonchev–Trinajstić information content (AvgIpc) is 2.27. The molecule has 0 saturated carbocycles. The fourth-order valence-corrected chi connectivity index (χ4v) is 1.32. The number of rotatable bonds is 5. The Morgan fingerprint density at radius 3 is 2.44 bits per heavy atom. The Labute approximate surface area is 96.8 Å². The molecule has 1 aromatic rings. The third-order valence-corrected chi connectivity index (χ3v) is 2.20. The lowest BCUT2D eigenvalue weighted by Crippen LogP contribution is -2.27. The first-order valence-electron chi connectivity index (χ1n) is 5.49. The molecular weight excluding hydrogens is 202 g/mol. The van der Waals surface area contributed by atoms with Crippen LogP contribution < -0.4 is 5.32 Å². The fourth-order valence-electron chi connectivity index (χ4n) is 1.32. The van der Waals surface area contributed by atoms with Crippen molar-refractivity contribution in [2.75, 3.05) is 13.7 Å². The van der Waals surface area contributed by atoms with Crippen LogP contribution in [0, 0.1) is 5.92 Å². The maximum Gasteiger partial charge on any atom is 0.251 e. The van der Waals surface area contributed by atoms with Crippen molar-refractivity contribution in [3.63, 3.8) is 0 Å². The van der Waals surface area contributed by atoms with E-state index >= 15 is 0 Å². The van der Waals surface area contributed by atoms with Gasteiger partial charge in [0.1, 0.15) is 0 Å². The summed E-state index contributed by atoms with van der Waals surface area (Å²) in [5.74, 6) is 0.453. The van der Waals surface area contributed by atoms with Gasteiger partial charge < -0.3 is 10.1 Å². The van der Waals surface area contributed by atoms with E-state index in [2.05, 4.69) is 19.2 Å². The van der Waals surface area contributed by atoms with Gasteiger partial charge in [0.2, 0.25) is 0 Å². The standard InChI is InChI=1S/C13H19NO2/c1-10(2)8-14-13(15)12-6-4-11(5-7-12)9-16-3/h4-7,10H,8-9H2,1-3H3,(H,14,15). The lowest BCUT2D eigenvalue weighted by molar-refractivity contribution is 0.0949. The van der Waals surface area contributed by atoms with Crippen molar-refractivity contribution in [1.82, 2.24) is 5.32 Å². The Hall–Kier alpha value is -1.35. The van der Waals surface area contributed by atoms with Crippen LogP contribution in [0.3, 0.4) is 0 Å². The number of nitrogens with one attached hydrogen (secondary N) is 1. The molecule has 0 atom stereocenters. The first-order valence-corrected chi connectivity index (χ1v) is 5.49. The highest BCUT2D eigenvalue weighted by Crippen LogP contribution is 2.05. The summed E-state index contributed by atoms with van der Waals surface area (Å²) in [5, 5.41) is 2.88. The molecule has 3 heteroatoms. The number of ether oxygens (including phenoxy) is 1. The molecule has 0 aliphatic rings. The van der Waals surface area contributed by atoms with Gasteiger partial charge in [-0.05, 0) is 23.6 Å². The molecule has 1 rings (SSSR count). The highest BCUT2D eigenvalue weighted by atomic mass is 16.5. The van der Waals surface area contributed by atoms with Crippen molar-refractivity contribution in [3.8, 4) is 0 Å². The second-order valence-electron chi connectivity index (χ2n) is 4.23. The van der Waals surface area contributed by atoms with E-state index in [1.807, 2.05) is 24.3 Å². The first kappa shape index (κ1) is 12.7. The van der Waals surface area contributed by atoms with Crippen LogP contribution in [-0.4, -0.2) is 19.6 Å². The van der Waals surface area contributed by atoms with Gasteiger partial charge in [-0.25, -0.2) is 0 Å². The van der Waals surface area contributed by atoms with Gasteiger partial charge in [-0.15, -0.1) is 0 Å². The molecule has 0 unspecified atom stereocenters. The molecule has 0 aliphatic heterocycles. The predicted octanol–water partition coefficient (Wildman–Crippen LogP) is 2.22. The second-order valence-corrected chi connectivity index (χ2v) is 4.23. The molecule has 0 saturated heterocycles. The molecule has 16 heavy (non-hydrogen) atoms. The number of benzene rings is 1. The van der Waals surface area contributed by atoms with Crippen molar-refractivity contribution in [3.05, 3.63) is 35.4 Å². The van der Waals surface area contributed by atoms with Gasteiger partial charge in [0.25, 0.3) is 5.91 Å². The van der Waals surface area contributed by atoms with Gasteiger partial charge in [-0.1, -0.05) is 26.0 Å². The van der Waals surface area contributed by atoms with Crippen molar-refractivity contribution in [2.45, 2.75) is 20.5 Å². The molecule has 1 N–H and O–H groups in total. The molecule has 3 nitrogen and oxygen atoms in total. The van der Waals surface area contributed by atoms with Crippen molar-refractivity contribution < 1.29 is 9.53 Å². The molecule has 1 amide bonds. The first-order chi connectivity index (χ1) is 7.63. The van der Waals surface area contributed by atoms with E-state index in [0.29, 0.717) is 24.6 Å². The van der Waals surface area contributed by atoms with E-state index in [4.69, 9.17) is 4.74 Å². The summed E-state index contributed by atoms with van der Waals surface area (Å²) in [7, 11) is 1.66. The molecule has 0 heterocycles. The van der Waals surface area contributed by atoms with Crippen molar-refractivity contribution in [1.29, 1.82) is 0 Å². The van der Waals surface area contributed by atoms with Crippen LogP contribution in [-0.2, 0) is 11.3 Å². The lowest BCUT2D eigenvalue weighted by atomic mass is 10.1. The topological polar surface area (TPSA) is 38.3 Å². The fraction of sp³-hybridized carbons (Fsp3) is 0.462. The molecular formula is C13H19NO2. The van der Waals surface area contributed by atoms with Gasteiger partial charge in [0, 0.05) is 19.2 Å². The molecule has 0 aliphatic carbocycles. The predicted molar refractivity (Wildman–Crippen MR) is 64.3 cm³/mol. The smallest absolute Gasteiger partial charge is 0.251 e. The van der Waals surface area contributed by atoms with E-state index in [1.165, 1.54) is 0 Å². The monoisotopic (exact) mass is 221 g/mol. The van der Waals surface area contributed by atoms with Crippen LogP contribution >= 0.6 is 0 Å². The number of amides is 1. The van der Waals surface area contributed by atoms with Crippen LogP contribution in [0.15, 0.2) is 24.3 Å². The third-order valence-electron chi connectivity index (χ3n) is 2.20. The Bertz CT molecular complexity index is 330. The second kappa shape index (κ2) is 6.28. The summed E-state index contributed by atoms with van der Waals surface area (Å²) in [5.41, 5.74) is 1.77. The van der Waals surface area contributed by atoms with Crippen molar-refractivity contribution >= 4 is 5.91 Å². The minimum atomic E-state index is -0.0160. The van der Waals surface area contributed by atoms with E-state index in [9.17, 15) is 4.79 Å². The lowest BCUT2D eigenvalue weighted by Gasteiger charge is -2.08. The molecule has 88 valence electrons. The minimum absolute atomic E-state index is 0.0160. The van der Waals surface area contributed by atoms with Crippen LogP contribution in [0.2, 0.25) is 0 Å². The maximum atomic E-state index is 11.7. The molecule has 0 spiro atoms. The Morgan fingerprint density at radius 1 is 1.31 bits per heavy atom. The quantitative estimate of drug-likeness (QED) is 0.828. The number of methoxy groups -OCH3 is 1. The third kappa shape index (κ3) is 4.03. The Balaban J connectivity index is 2.56. The number of carbonyl (C=O) groups is 1. The molecule has 0 bridgehead atoms. The van der Waals surface area contributed by atoms with Crippen LogP contribution in [0.1, 0.15) is 29.8 Å². The normalized spacial score (nSPS) is 10.5. The van der Waals surface area contributed by atoms with Gasteiger partial charge in [0.05, 0.1) is 6.61 Å². The number of carbonyl (C=O) groups excluding carboxylic acids is 1. The van der Waals surface area contributed by atoms with Crippen LogP contribution in [0.5, 0.6) is 0 Å². The van der Waals surface area contributed by atoms with Crippen LogP contribution in [0.25, 0.3) is 0 Å². The Kier molecular flexibility index (Phi) is 4.99. The maximum absolute atomic E-state index is 11.7. The number of hydrogen-bond donors (Lipinski definition) is 1. The number of hydrogen-bond acceptors (Lipinski definition) is 2. The summed E-state index contributed by atoms with van der Waals surface area (Å²) in [6.07, 6.45) is 0. The van der Waals surface area contributed by atoms with E-state index in [-0.39, 0.29) is 5.91 Å². The summed E-state index contributed by atoms with van der Waals surface area (Å²) in [4.78, 5) is 11.7. The van der Waals surface area contributed by atoms with E-state index in [0.717, 1.165) is 5.56 Å². The van der Waals surface area contributed by atoms with Crippen LogP contribution in [0.4, 0.5) is 0 Å². The zero-order valence-electron chi connectivity index (χ0n) is 10.1. The summed E-state index contributed by atoms with van der Waals surface area (Å²) < 4.78 is 5.01. The summed E-state index contributed by atoms with van der Waals surface area (Å²) >= 11 is 0. The van der Waals surface area contributed by atoms with E-state index < -0.39 is 0 Å². The molecule has 0 fully saturated rings. The largest absolute Gasteiger partial charge is 0.380 e. The summed E-state index contributed by atoms with van der Waals surface area (Å²) in [6.45, 7) is 5.43. The molecule has 1 aromatic carbocycles. The average molecular weight is 221 g/mol. The molecule has 0 aromatic heterocycles. The van der Waals surface area contributed by atoms with E-state index in [1.54, 1.807) is 7.11 Å². The van der Waals surface area contributed by atoms with Gasteiger partial charge >= 0.3 is 0 Å².